The topological polar surface area (TPSA) is 81.3 Å². The third-order valence-corrected chi connectivity index (χ3v) is 4.49. The summed E-state index contributed by atoms with van der Waals surface area (Å²) in [6, 6.07) is 7.36. The summed E-state index contributed by atoms with van der Waals surface area (Å²) in [6.07, 6.45) is 3.31. The normalized spacial score (nSPS) is 17.6. The van der Waals surface area contributed by atoms with Crippen molar-refractivity contribution in [1.82, 2.24) is 9.97 Å². The number of Topliss-reactive ketones (excluding diaryl/α,β-unsaturated/α-hetero) is 1. The van der Waals surface area contributed by atoms with Gasteiger partial charge in [0, 0.05) is 30.6 Å². The number of aryl methyl sites for hydroxylation is 1. The van der Waals surface area contributed by atoms with E-state index >= 15 is 0 Å². The number of benzene rings is 1. The van der Waals surface area contributed by atoms with E-state index in [1.165, 1.54) is 6.33 Å². The molecule has 1 aromatic heterocycles. The Labute approximate surface area is 141 Å². The molecule has 0 bridgehead atoms. The number of nitrogens with zero attached hydrogens (tertiary/aromatic N) is 3. The average Bonchev–Trinajstić information content (AvgIpc) is 2.61. The van der Waals surface area contributed by atoms with Crippen LogP contribution in [-0.4, -0.2) is 36.0 Å². The first-order chi connectivity index (χ1) is 11.6. The lowest BCUT2D eigenvalue weighted by atomic mass is 9.88. The van der Waals surface area contributed by atoms with Crippen LogP contribution in [0, 0.1) is 12.8 Å². The van der Waals surface area contributed by atoms with Crippen LogP contribution in [0.25, 0.3) is 0 Å². The number of rotatable bonds is 4. The van der Waals surface area contributed by atoms with E-state index in [2.05, 4.69) is 14.9 Å². The molecule has 2 aromatic rings. The average molecular weight is 326 g/mol. The van der Waals surface area contributed by atoms with E-state index in [-0.39, 0.29) is 11.7 Å². The van der Waals surface area contributed by atoms with Gasteiger partial charge in [-0.3, -0.25) is 4.79 Å². The van der Waals surface area contributed by atoms with Crippen molar-refractivity contribution in [2.75, 3.05) is 30.8 Å². The molecule has 2 heterocycles. The molecule has 24 heavy (non-hydrogen) atoms. The van der Waals surface area contributed by atoms with Crippen LogP contribution < -0.4 is 15.4 Å². The Morgan fingerprint density at radius 1 is 1.33 bits per heavy atom. The smallest absolute Gasteiger partial charge is 0.167 e. The molecule has 2 N–H and O–H groups in total. The van der Waals surface area contributed by atoms with E-state index in [0.29, 0.717) is 12.4 Å². The van der Waals surface area contributed by atoms with E-state index in [9.17, 15) is 4.79 Å². The number of nitrogen functional groups attached to an aromatic ring is 1. The summed E-state index contributed by atoms with van der Waals surface area (Å²) in [5.74, 6) is 2.14. The maximum atomic E-state index is 12.9. The van der Waals surface area contributed by atoms with Crippen molar-refractivity contribution in [1.29, 1.82) is 0 Å². The molecular formula is C18H22N4O2. The lowest BCUT2D eigenvalue weighted by molar-refractivity contribution is 0.0906. The van der Waals surface area contributed by atoms with Gasteiger partial charge in [-0.15, -0.1) is 0 Å². The van der Waals surface area contributed by atoms with Crippen molar-refractivity contribution < 1.29 is 9.53 Å². The predicted octanol–water partition coefficient (Wildman–Crippen LogP) is 2.48. The van der Waals surface area contributed by atoms with Gasteiger partial charge in [-0.2, -0.15) is 0 Å². The number of hydrogen-bond acceptors (Lipinski definition) is 6. The second-order valence-electron chi connectivity index (χ2n) is 6.13. The molecule has 3 rings (SSSR count). The molecule has 1 atom stereocenters. The van der Waals surface area contributed by atoms with Gasteiger partial charge in [0.2, 0.25) is 0 Å². The Kier molecular flexibility index (Phi) is 4.64. The fourth-order valence-corrected chi connectivity index (χ4v) is 3.19. The van der Waals surface area contributed by atoms with Gasteiger partial charge in [0.15, 0.2) is 5.78 Å². The molecule has 6 heteroatoms. The van der Waals surface area contributed by atoms with Gasteiger partial charge in [-0.05, 0) is 43.5 Å². The fraction of sp³-hybridized carbons (Fsp3) is 0.389. The number of anilines is 2. The van der Waals surface area contributed by atoms with Crippen molar-refractivity contribution >= 4 is 17.4 Å². The monoisotopic (exact) mass is 326 g/mol. The highest BCUT2D eigenvalue weighted by Crippen LogP contribution is 2.27. The quantitative estimate of drug-likeness (QED) is 0.869. The fourth-order valence-electron chi connectivity index (χ4n) is 3.19. The van der Waals surface area contributed by atoms with Crippen LogP contribution in [0.5, 0.6) is 5.75 Å². The molecule has 0 radical (unpaired) electrons. The highest BCUT2D eigenvalue weighted by atomic mass is 16.5. The molecule has 0 amide bonds. The van der Waals surface area contributed by atoms with Crippen molar-refractivity contribution in [3.05, 3.63) is 41.7 Å². The Balaban J connectivity index is 1.78. The molecular weight excluding hydrogens is 304 g/mol. The molecule has 1 unspecified atom stereocenters. The summed E-state index contributed by atoms with van der Waals surface area (Å²) in [5, 5.41) is 0. The minimum Gasteiger partial charge on any atom is -0.497 e. The first-order valence-corrected chi connectivity index (χ1v) is 8.10. The number of carbonyl (C=O) groups is 1. The third kappa shape index (κ3) is 3.32. The van der Waals surface area contributed by atoms with Gasteiger partial charge < -0.3 is 15.4 Å². The molecule has 1 aliphatic rings. The van der Waals surface area contributed by atoms with E-state index in [1.54, 1.807) is 13.2 Å². The van der Waals surface area contributed by atoms with Gasteiger partial charge in [0.05, 0.1) is 7.11 Å². The first kappa shape index (κ1) is 16.2. The summed E-state index contributed by atoms with van der Waals surface area (Å²) in [7, 11) is 1.63. The van der Waals surface area contributed by atoms with Crippen LogP contribution >= 0.6 is 0 Å². The van der Waals surface area contributed by atoms with Crippen molar-refractivity contribution in [3.8, 4) is 5.75 Å². The van der Waals surface area contributed by atoms with Crippen LogP contribution in [0.3, 0.4) is 0 Å². The predicted molar refractivity (Wildman–Crippen MR) is 93.4 cm³/mol. The van der Waals surface area contributed by atoms with Crippen LogP contribution in [0.1, 0.15) is 28.8 Å². The van der Waals surface area contributed by atoms with E-state index in [0.717, 1.165) is 42.1 Å². The molecule has 1 fully saturated rings. The number of piperidine rings is 1. The second kappa shape index (κ2) is 6.86. The Hall–Kier alpha value is -2.63. The summed E-state index contributed by atoms with van der Waals surface area (Å²) >= 11 is 0. The highest BCUT2D eigenvalue weighted by Gasteiger charge is 2.28. The van der Waals surface area contributed by atoms with Gasteiger partial charge in [0.1, 0.15) is 23.7 Å². The molecule has 1 aromatic carbocycles. The van der Waals surface area contributed by atoms with Gasteiger partial charge in [-0.25, -0.2) is 9.97 Å². The van der Waals surface area contributed by atoms with Crippen LogP contribution in [0.4, 0.5) is 11.6 Å². The lowest BCUT2D eigenvalue weighted by Crippen LogP contribution is -2.39. The highest BCUT2D eigenvalue weighted by molar-refractivity contribution is 5.99. The Morgan fingerprint density at radius 2 is 2.17 bits per heavy atom. The molecule has 1 saturated heterocycles. The van der Waals surface area contributed by atoms with Gasteiger partial charge in [-0.1, -0.05) is 0 Å². The Morgan fingerprint density at radius 3 is 2.88 bits per heavy atom. The lowest BCUT2D eigenvalue weighted by Gasteiger charge is -2.33. The molecule has 0 saturated carbocycles. The SMILES string of the molecule is COc1ccc(C(=O)C2CCCN(c3cc(N)ncn3)C2)c(C)c1. The zero-order valence-electron chi connectivity index (χ0n) is 14.0. The Bertz CT molecular complexity index is 748. The summed E-state index contributed by atoms with van der Waals surface area (Å²) < 4.78 is 5.22. The van der Waals surface area contributed by atoms with Crippen LogP contribution in [0.15, 0.2) is 30.6 Å². The number of carbonyl (C=O) groups excluding carboxylic acids is 1. The van der Waals surface area contributed by atoms with Gasteiger partial charge >= 0.3 is 0 Å². The third-order valence-electron chi connectivity index (χ3n) is 4.49. The summed E-state index contributed by atoms with van der Waals surface area (Å²) in [5.41, 5.74) is 7.46. The largest absolute Gasteiger partial charge is 0.497 e. The van der Waals surface area contributed by atoms with Crippen LogP contribution in [0.2, 0.25) is 0 Å². The van der Waals surface area contributed by atoms with E-state index in [1.807, 2.05) is 25.1 Å². The molecule has 6 nitrogen and oxygen atoms in total. The molecule has 0 aliphatic carbocycles. The maximum Gasteiger partial charge on any atom is 0.167 e. The maximum absolute atomic E-state index is 12.9. The summed E-state index contributed by atoms with van der Waals surface area (Å²) in [4.78, 5) is 23.3. The molecule has 126 valence electrons. The molecule has 0 spiro atoms. The number of hydrogen-bond donors (Lipinski definition) is 1. The van der Waals surface area contributed by atoms with E-state index in [4.69, 9.17) is 10.5 Å². The number of ketones is 1. The van der Waals surface area contributed by atoms with Gasteiger partial charge in [0.25, 0.3) is 0 Å². The standard InChI is InChI=1S/C18H22N4O2/c1-12-8-14(24-2)5-6-15(12)18(23)13-4-3-7-22(10-13)17-9-16(19)20-11-21-17/h5-6,8-9,11,13H,3-4,7,10H2,1-2H3,(H2,19,20,21). The summed E-state index contributed by atoms with van der Waals surface area (Å²) in [6.45, 7) is 3.48. The number of nitrogens with two attached hydrogens (primary N) is 1. The number of aromatic nitrogens is 2. The van der Waals surface area contributed by atoms with Crippen molar-refractivity contribution in [2.45, 2.75) is 19.8 Å². The number of ether oxygens (including phenoxy) is 1. The van der Waals surface area contributed by atoms with Crippen molar-refractivity contribution in [3.63, 3.8) is 0 Å². The van der Waals surface area contributed by atoms with Crippen LogP contribution in [-0.2, 0) is 0 Å². The zero-order valence-corrected chi connectivity index (χ0v) is 14.0. The van der Waals surface area contributed by atoms with E-state index < -0.39 is 0 Å². The first-order valence-electron chi connectivity index (χ1n) is 8.10. The van der Waals surface area contributed by atoms with Crippen molar-refractivity contribution in [2.24, 2.45) is 5.92 Å². The zero-order chi connectivity index (χ0) is 17.1. The number of methoxy groups -OCH3 is 1. The molecule has 1 aliphatic heterocycles. The second-order valence-corrected chi connectivity index (χ2v) is 6.13. The minimum absolute atomic E-state index is 0.0398. The minimum atomic E-state index is -0.0398.